The van der Waals surface area contributed by atoms with Crippen molar-refractivity contribution < 1.29 is 19.4 Å². The second kappa shape index (κ2) is 7.29. The van der Waals surface area contributed by atoms with Gasteiger partial charge in [0.05, 0.1) is 6.04 Å². The van der Waals surface area contributed by atoms with Crippen molar-refractivity contribution in [3.05, 3.63) is 58.1 Å². The Morgan fingerprint density at radius 3 is 2.58 bits per heavy atom. The average molecular weight is 418 g/mol. The smallest absolute Gasteiger partial charge is 0.320 e. The molecule has 2 heterocycles. The van der Waals surface area contributed by atoms with Crippen molar-refractivity contribution >= 4 is 21.9 Å². The first kappa shape index (κ1) is 17.4. The molecule has 0 bridgehead atoms. The Hall–Kier alpha value is -2.05. The summed E-state index contributed by atoms with van der Waals surface area (Å²) in [6.45, 7) is 0.981. The summed E-state index contributed by atoms with van der Waals surface area (Å²) in [5.41, 5.74) is 2.09. The molecule has 6 heteroatoms. The fourth-order valence-corrected chi connectivity index (χ4v) is 4.10. The lowest BCUT2D eigenvalue weighted by Crippen LogP contribution is -2.46. The molecule has 0 spiro atoms. The molecule has 0 aliphatic carbocycles. The quantitative estimate of drug-likeness (QED) is 0.807. The minimum Gasteiger partial charge on any atom is -0.480 e. The van der Waals surface area contributed by atoms with Crippen LogP contribution >= 0.6 is 15.9 Å². The van der Waals surface area contributed by atoms with E-state index in [9.17, 15) is 9.90 Å². The number of fused-ring (bicyclic) bond motifs is 1. The second-order valence-electron chi connectivity index (χ2n) is 6.65. The standard InChI is InChI=1S/C20H20BrNO4/c21-15-7-4-13(5-8-15)19(22-10-2-1-3-16(22)20(23)24)14-6-9-17-18(11-14)26-12-25-17/h4-9,11,16,19H,1-3,10,12H2,(H,23,24). The number of hydrogen-bond acceptors (Lipinski definition) is 4. The monoisotopic (exact) mass is 417 g/mol. The summed E-state index contributed by atoms with van der Waals surface area (Å²) >= 11 is 3.48. The van der Waals surface area contributed by atoms with E-state index in [2.05, 4.69) is 20.8 Å². The number of carbonyl (C=O) groups is 1. The van der Waals surface area contributed by atoms with Gasteiger partial charge >= 0.3 is 5.97 Å². The van der Waals surface area contributed by atoms with E-state index in [0.717, 1.165) is 40.7 Å². The Morgan fingerprint density at radius 2 is 1.81 bits per heavy atom. The van der Waals surface area contributed by atoms with Crippen LogP contribution in [0.4, 0.5) is 0 Å². The van der Waals surface area contributed by atoms with Crippen molar-refractivity contribution in [2.24, 2.45) is 0 Å². The van der Waals surface area contributed by atoms with Gasteiger partial charge in [-0.25, -0.2) is 0 Å². The SMILES string of the molecule is O=C(O)C1CCCCN1C(c1ccc(Br)cc1)c1ccc2c(c1)OCO2. The predicted molar refractivity (Wildman–Crippen MR) is 101 cm³/mol. The topological polar surface area (TPSA) is 59.0 Å². The van der Waals surface area contributed by atoms with Crippen LogP contribution in [0.25, 0.3) is 0 Å². The molecule has 2 aliphatic heterocycles. The van der Waals surface area contributed by atoms with E-state index in [4.69, 9.17) is 9.47 Å². The highest BCUT2D eigenvalue weighted by Gasteiger charge is 2.35. The highest BCUT2D eigenvalue weighted by Crippen LogP contribution is 2.40. The summed E-state index contributed by atoms with van der Waals surface area (Å²) in [6, 6.07) is 13.4. The zero-order valence-electron chi connectivity index (χ0n) is 14.2. The number of piperidine rings is 1. The number of likely N-dealkylation sites (tertiary alicyclic amines) is 1. The number of hydrogen-bond donors (Lipinski definition) is 1. The minimum absolute atomic E-state index is 0.140. The maximum absolute atomic E-state index is 11.9. The molecule has 0 aromatic heterocycles. The van der Waals surface area contributed by atoms with Crippen molar-refractivity contribution in [2.45, 2.75) is 31.3 Å². The third-order valence-electron chi connectivity index (χ3n) is 5.06. The van der Waals surface area contributed by atoms with Crippen LogP contribution in [-0.2, 0) is 4.79 Å². The summed E-state index contributed by atoms with van der Waals surface area (Å²) < 4.78 is 12.0. The number of aliphatic carboxylic acids is 1. The lowest BCUT2D eigenvalue weighted by atomic mass is 9.91. The van der Waals surface area contributed by atoms with Crippen LogP contribution in [0.2, 0.25) is 0 Å². The lowest BCUT2D eigenvalue weighted by Gasteiger charge is -2.39. The van der Waals surface area contributed by atoms with Gasteiger partial charge in [-0.1, -0.05) is 40.5 Å². The first-order valence-corrected chi connectivity index (χ1v) is 9.56. The molecule has 2 unspecified atom stereocenters. The van der Waals surface area contributed by atoms with Crippen LogP contribution in [0.1, 0.15) is 36.4 Å². The lowest BCUT2D eigenvalue weighted by molar-refractivity contribution is -0.145. The maximum atomic E-state index is 11.9. The van der Waals surface area contributed by atoms with E-state index in [-0.39, 0.29) is 12.8 Å². The molecule has 2 aromatic carbocycles. The molecule has 1 fully saturated rings. The minimum atomic E-state index is -0.757. The molecule has 1 saturated heterocycles. The first-order chi connectivity index (χ1) is 12.6. The maximum Gasteiger partial charge on any atom is 0.320 e. The third kappa shape index (κ3) is 3.31. The van der Waals surface area contributed by atoms with Crippen molar-refractivity contribution in [1.82, 2.24) is 4.90 Å². The number of halogens is 1. The fraction of sp³-hybridized carbons (Fsp3) is 0.350. The molecule has 2 aromatic rings. The van der Waals surface area contributed by atoms with Crippen LogP contribution in [0.15, 0.2) is 46.9 Å². The van der Waals surface area contributed by atoms with Crippen LogP contribution in [0.5, 0.6) is 11.5 Å². The Bertz CT molecular complexity index is 808. The van der Waals surface area contributed by atoms with Crippen molar-refractivity contribution in [3.8, 4) is 11.5 Å². The van der Waals surface area contributed by atoms with E-state index < -0.39 is 12.0 Å². The number of carboxylic acids is 1. The molecule has 136 valence electrons. The summed E-state index contributed by atoms with van der Waals surface area (Å²) in [5, 5.41) is 9.76. The van der Waals surface area contributed by atoms with E-state index in [1.54, 1.807) is 0 Å². The Balaban J connectivity index is 1.78. The first-order valence-electron chi connectivity index (χ1n) is 8.77. The van der Waals surface area contributed by atoms with Crippen LogP contribution in [0, 0.1) is 0 Å². The summed E-state index contributed by atoms with van der Waals surface area (Å²) in [7, 11) is 0. The Labute approximate surface area is 160 Å². The van der Waals surface area contributed by atoms with E-state index in [1.807, 2.05) is 42.5 Å². The molecule has 4 rings (SSSR count). The summed E-state index contributed by atoms with van der Waals surface area (Å²) in [5.74, 6) is 0.692. The van der Waals surface area contributed by atoms with Crippen LogP contribution < -0.4 is 9.47 Å². The molecule has 2 aliphatic rings. The van der Waals surface area contributed by atoms with E-state index in [1.165, 1.54) is 0 Å². The number of ether oxygens (including phenoxy) is 2. The van der Waals surface area contributed by atoms with Gasteiger partial charge in [0, 0.05) is 4.47 Å². The van der Waals surface area contributed by atoms with Gasteiger partial charge in [0.2, 0.25) is 6.79 Å². The fourth-order valence-electron chi connectivity index (χ4n) is 3.83. The highest BCUT2D eigenvalue weighted by atomic mass is 79.9. The highest BCUT2D eigenvalue weighted by molar-refractivity contribution is 9.10. The van der Waals surface area contributed by atoms with Crippen LogP contribution in [0.3, 0.4) is 0 Å². The number of nitrogens with zero attached hydrogens (tertiary/aromatic N) is 1. The molecule has 0 amide bonds. The van der Waals surface area contributed by atoms with Gasteiger partial charge in [-0.3, -0.25) is 9.69 Å². The van der Waals surface area contributed by atoms with Crippen molar-refractivity contribution in [2.75, 3.05) is 13.3 Å². The molecule has 2 atom stereocenters. The van der Waals surface area contributed by atoms with Gasteiger partial charge < -0.3 is 14.6 Å². The molecule has 0 radical (unpaired) electrons. The van der Waals surface area contributed by atoms with E-state index >= 15 is 0 Å². The van der Waals surface area contributed by atoms with Crippen molar-refractivity contribution in [3.63, 3.8) is 0 Å². The van der Waals surface area contributed by atoms with Gasteiger partial charge in [-0.2, -0.15) is 0 Å². The Morgan fingerprint density at radius 1 is 1.08 bits per heavy atom. The van der Waals surface area contributed by atoms with E-state index in [0.29, 0.717) is 12.2 Å². The number of rotatable bonds is 4. The van der Waals surface area contributed by atoms with Gasteiger partial charge in [-0.05, 0) is 54.8 Å². The van der Waals surface area contributed by atoms with Gasteiger partial charge in [0.25, 0.3) is 0 Å². The van der Waals surface area contributed by atoms with Gasteiger partial charge in [-0.15, -0.1) is 0 Å². The third-order valence-corrected chi connectivity index (χ3v) is 5.59. The zero-order valence-corrected chi connectivity index (χ0v) is 15.8. The summed E-state index contributed by atoms with van der Waals surface area (Å²) in [4.78, 5) is 14.0. The van der Waals surface area contributed by atoms with Gasteiger partial charge in [0.1, 0.15) is 6.04 Å². The molecular formula is C20H20BrNO4. The predicted octanol–water partition coefficient (Wildman–Crippen LogP) is 4.21. The van der Waals surface area contributed by atoms with Crippen molar-refractivity contribution in [1.29, 1.82) is 0 Å². The number of carboxylic acid groups (broad SMARTS) is 1. The van der Waals surface area contributed by atoms with Gasteiger partial charge in [0.15, 0.2) is 11.5 Å². The average Bonchev–Trinajstić information content (AvgIpc) is 3.12. The summed E-state index contributed by atoms with van der Waals surface area (Å²) in [6.07, 6.45) is 2.62. The molecular weight excluding hydrogens is 398 g/mol. The molecule has 26 heavy (non-hydrogen) atoms. The second-order valence-corrected chi connectivity index (χ2v) is 7.57. The Kier molecular flexibility index (Phi) is 4.87. The molecule has 1 N–H and O–H groups in total. The zero-order chi connectivity index (χ0) is 18.1. The van der Waals surface area contributed by atoms with Crippen LogP contribution in [-0.4, -0.2) is 35.4 Å². The molecule has 0 saturated carbocycles. The number of benzene rings is 2. The molecule has 5 nitrogen and oxygen atoms in total. The largest absolute Gasteiger partial charge is 0.480 e. The normalized spacial score (nSPS) is 20.7.